The van der Waals surface area contributed by atoms with Gasteiger partial charge in [-0.05, 0) is 25.0 Å². The number of hydrogen-bond donors (Lipinski definition) is 0. The van der Waals surface area contributed by atoms with Gasteiger partial charge >= 0.3 is 0 Å². The highest BCUT2D eigenvalue weighted by Crippen LogP contribution is 2.24. The van der Waals surface area contributed by atoms with Crippen LogP contribution in [0.15, 0.2) is 22.8 Å². The van der Waals surface area contributed by atoms with Gasteiger partial charge in [0.05, 0.1) is 12.7 Å². The molecule has 0 atom stereocenters. The summed E-state index contributed by atoms with van der Waals surface area (Å²) >= 11 is 0. The molecule has 1 heterocycles. The number of rotatable bonds is 3. The monoisotopic (exact) mass is 206 g/mol. The lowest BCUT2D eigenvalue weighted by Crippen LogP contribution is -2.15. The fourth-order valence-electron chi connectivity index (χ4n) is 2.33. The summed E-state index contributed by atoms with van der Waals surface area (Å²) in [5, 5.41) is 0. The van der Waals surface area contributed by atoms with Gasteiger partial charge in [-0.15, -0.1) is 0 Å². The number of ketones is 1. The number of furan rings is 1. The molecule has 1 saturated carbocycles. The van der Waals surface area contributed by atoms with E-state index < -0.39 is 0 Å². The van der Waals surface area contributed by atoms with E-state index in [0.29, 0.717) is 12.2 Å². The first-order valence-electron chi connectivity index (χ1n) is 5.91. The van der Waals surface area contributed by atoms with E-state index in [1.807, 2.05) is 12.1 Å². The Balaban J connectivity index is 1.89. The zero-order valence-corrected chi connectivity index (χ0v) is 9.08. The van der Waals surface area contributed by atoms with Crippen molar-refractivity contribution in [1.82, 2.24) is 0 Å². The van der Waals surface area contributed by atoms with E-state index in [9.17, 15) is 4.79 Å². The van der Waals surface area contributed by atoms with Crippen LogP contribution in [0.1, 0.15) is 44.3 Å². The Morgan fingerprint density at radius 2 is 2.00 bits per heavy atom. The van der Waals surface area contributed by atoms with Gasteiger partial charge in [0.1, 0.15) is 11.5 Å². The fourth-order valence-corrected chi connectivity index (χ4v) is 2.33. The average molecular weight is 206 g/mol. The molecule has 0 unspecified atom stereocenters. The van der Waals surface area contributed by atoms with Crippen LogP contribution in [0.2, 0.25) is 0 Å². The van der Waals surface area contributed by atoms with Gasteiger partial charge in [0.2, 0.25) is 0 Å². The second-order valence-corrected chi connectivity index (χ2v) is 4.41. The molecule has 82 valence electrons. The fraction of sp³-hybridized carbons (Fsp3) is 0.615. The molecule has 0 N–H and O–H groups in total. The van der Waals surface area contributed by atoms with Crippen molar-refractivity contribution in [1.29, 1.82) is 0 Å². The van der Waals surface area contributed by atoms with Crippen LogP contribution in [-0.4, -0.2) is 5.78 Å². The zero-order valence-electron chi connectivity index (χ0n) is 9.08. The Morgan fingerprint density at radius 1 is 1.27 bits per heavy atom. The van der Waals surface area contributed by atoms with E-state index in [-0.39, 0.29) is 5.92 Å². The molecule has 0 aliphatic heterocycles. The highest BCUT2D eigenvalue weighted by atomic mass is 16.3. The molecule has 0 amide bonds. The van der Waals surface area contributed by atoms with Crippen LogP contribution in [0.25, 0.3) is 0 Å². The number of Topliss-reactive ketones (excluding diaryl/α,β-unsaturated/α-hetero) is 1. The summed E-state index contributed by atoms with van der Waals surface area (Å²) in [7, 11) is 0. The van der Waals surface area contributed by atoms with Crippen molar-refractivity contribution in [3.63, 3.8) is 0 Å². The Kier molecular flexibility index (Phi) is 3.59. The van der Waals surface area contributed by atoms with Gasteiger partial charge in [-0.1, -0.05) is 25.7 Å². The normalized spacial score (nSPS) is 18.7. The van der Waals surface area contributed by atoms with Crippen LogP contribution in [0.4, 0.5) is 0 Å². The zero-order chi connectivity index (χ0) is 10.5. The minimum atomic E-state index is 0.289. The highest BCUT2D eigenvalue weighted by molar-refractivity contribution is 5.82. The third-order valence-electron chi connectivity index (χ3n) is 3.24. The highest BCUT2D eigenvalue weighted by Gasteiger charge is 2.20. The van der Waals surface area contributed by atoms with Gasteiger partial charge in [0.15, 0.2) is 0 Å². The molecule has 1 aliphatic carbocycles. The molecule has 1 fully saturated rings. The van der Waals surface area contributed by atoms with Crippen molar-refractivity contribution in [2.45, 2.75) is 44.9 Å². The van der Waals surface area contributed by atoms with Crippen LogP contribution in [0.5, 0.6) is 0 Å². The topological polar surface area (TPSA) is 30.2 Å². The van der Waals surface area contributed by atoms with E-state index in [1.54, 1.807) is 6.26 Å². The first kappa shape index (κ1) is 10.5. The molecule has 0 bridgehead atoms. The van der Waals surface area contributed by atoms with Gasteiger partial charge in [0, 0.05) is 5.92 Å². The summed E-state index contributed by atoms with van der Waals surface area (Å²) in [6.45, 7) is 0. The molecule has 0 spiro atoms. The number of carbonyl (C=O) groups excluding carboxylic acids is 1. The molecule has 15 heavy (non-hydrogen) atoms. The van der Waals surface area contributed by atoms with Gasteiger partial charge in [-0.3, -0.25) is 4.79 Å². The van der Waals surface area contributed by atoms with Crippen LogP contribution in [0, 0.1) is 5.92 Å². The van der Waals surface area contributed by atoms with Crippen molar-refractivity contribution >= 4 is 5.78 Å². The summed E-state index contributed by atoms with van der Waals surface area (Å²) in [4.78, 5) is 12.0. The molecule has 2 rings (SSSR count). The molecule has 2 nitrogen and oxygen atoms in total. The average Bonchev–Trinajstić information content (AvgIpc) is 2.58. The summed E-state index contributed by atoms with van der Waals surface area (Å²) in [5.41, 5.74) is 0. The van der Waals surface area contributed by atoms with Crippen LogP contribution >= 0.6 is 0 Å². The van der Waals surface area contributed by atoms with Crippen molar-refractivity contribution in [3.8, 4) is 0 Å². The van der Waals surface area contributed by atoms with Crippen LogP contribution in [-0.2, 0) is 11.2 Å². The quantitative estimate of drug-likeness (QED) is 0.710. The number of carbonyl (C=O) groups is 1. The molecule has 0 radical (unpaired) electrons. The Labute approximate surface area is 90.7 Å². The molecule has 1 aromatic rings. The van der Waals surface area contributed by atoms with Gasteiger partial charge < -0.3 is 4.42 Å². The molecule has 2 heteroatoms. The lowest BCUT2D eigenvalue weighted by molar-refractivity contribution is -0.122. The SMILES string of the molecule is O=C(Cc1ccco1)C1CCCCCC1. The predicted octanol–water partition coefficient (Wildman–Crippen LogP) is 3.36. The van der Waals surface area contributed by atoms with Crippen LogP contribution < -0.4 is 0 Å². The van der Waals surface area contributed by atoms with Crippen molar-refractivity contribution in [3.05, 3.63) is 24.2 Å². The summed E-state index contributed by atoms with van der Waals surface area (Å²) in [6.07, 6.45) is 9.31. The van der Waals surface area contributed by atoms with E-state index in [1.165, 1.54) is 25.7 Å². The van der Waals surface area contributed by atoms with Gasteiger partial charge in [0.25, 0.3) is 0 Å². The maximum absolute atomic E-state index is 12.0. The standard InChI is InChI=1S/C13H18O2/c14-13(10-12-8-5-9-15-12)11-6-3-1-2-4-7-11/h5,8-9,11H,1-4,6-7,10H2. The van der Waals surface area contributed by atoms with Crippen molar-refractivity contribution in [2.24, 2.45) is 5.92 Å². The Hall–Kier alpha value is -1.05. The summed E-state index contributed by atoms with van der Waals surface area (Å²) < 4.78 is 5.21. The van der Waals surface area contributed by atoms with Gasteiger partial charge in [-0.2, -0.15) is 0 Å². The molecule has 1 aliphatic rings. The van der Waals surface area contributed by atoms with E-state index >= 15 is 0 Å². The maximum Gasteiger partial charge on any atom is 0.143 e. The van der Waals surface area contributed by atoms with Crippen molar-refractivity contribution in [2.75, 3.05) is 0 Å². The minimum absolute atomic E-state index is 0.289. The molecule has 1 aromatic heterocycles. The molecule has 0 aromatic carbocycles. The van der Waals surface area contributed by atoms with Crippen LogP contribution in [0.3, 0.4) is 0 Å². The Morgan fingerprint density at radius 3 is 2.60 bits per heavy atom. The first-order chi connectivity index (χ1) is 7.36. The molecule has 0 saturated heterocycles. The third kappa shape index (κ3) is 2.95. The lowest BCUT2D eigenvalue weighted by atomic mass is 9.93. The smallest absolute Gasteiger partial charge is 0.143 e. The Bertz CT molecular complexity index is 292. The van der Waals surface area contributed by atoms with E-state index in [0.717, 1.165) is 18.6 Å². The summed E-state index contributed by atoms with van der Waals surface area (Å²) in [5.74, 6) is 1.47. The molecular formula is C13H18O2. The maximum atomic E-state index is 12.0. The third-order valence-corrected chi connectivity index (χ3v) is 3.24. The van der Waals surface area contributed by atoms with Gasteiger partial charge in [-0.25, -0.2) is 0 Å². The first-order valence-corrected chi connectivity index (χ1v) is 5.91. The largest absolute Gasteiger partial charge is 0.469 e. The number of hydrogen-bond acceptors (Lipinski definition) is 2. The lowest BCUT2D eigenvalue weighted by Gasteiger charge is -2.11. The van der Waals surface area contributed by atoms with Crippen molar-refractivity contribution < 1.29 is 9.21 Å². The predicted molar refractivity (Wildman–Crippen MR) is 58.6 cm³/mol. The molecular weight excluding hydrogens is 188 g/mol. The second-order valence-electron chi connectivity index (χ2n) is 4.41. The van der Waals surface area contributed by atoms with E-state index in [4.69, 9.17) is 4.42 Å². The summed E-state index contributed by atoms with van der Waals surface area (Å²) in [6, 6.07) is 3.73. The van der Waals surface area contributed by atoms with E-state index in [2.05, 4.69) is 0 Å². The second kappa shape index (κ2) is 5.15. The minimum Gasteiger partial charge on any atom is -0.469 e.